The summed E-state index contributed by atoms with van der Waals surface area (Å²) in [6, 6.07) is 8.85. The molecule has 4 rings (SSSR count). The van der Waals surface area contributed by atoms with Crippen molar-refractivity contribution in [1.82, 2.24) is 19.9 Å². The van der Waals surface area contributed by atoms with Crippen LogP contribution in [0.2, 0.25) is 0 Å². The minimum Gasteiger partial charge on any atom is -0.456 e. The number of pyridine rings is 1. The van der Waals surface area contributed by atoms with Crippen LogP contribution in [0.3, 0.4) is 0 Å². The number of aromatic amines is 1. The van der Waals surface area contributed by atoms with Gasteiger partial charge in [0.05, 0.1) is 0 Å². The molecule has 1 N–H and O–H groups in total. The molecule has 0 aliphatic carbocycles. The van der Waals surface area contributed by atoms with Gasteiger partial charge < -0.3 is 19.2 Å². The SMILES string of the molecule is CCc1cc(=O)[nH]c(-c2ccc(N3CCN(C(=O)c4ccc(C)o4)CC3)nc2)n1. The zero-order valence-electron chi connectivity index (χ0n) is 16.5. The van der Waals surface area contributed by atoms with Crippen LogP contribution in [0.5, 0.6) is 0 Å². The van der Waals surface area contributed by atoms with Crippen molar-refractivity contribution in [1.29, 1.82) is 0 Å². The van der Waals surface area contributed by atoms with E-state index in [1.54, 1.807) is 23.2 Å². The lowest BCUT2D eigenvalue weighted by molar-refractivity contribution is 0.0713. The van der Waals surface area contributed by atoms with Crippen molar-refractivity contribution in [3.05, 3.63) is 64.1 Å². The molecule has 3 aromatic heterocycles. The Morgan fingerprint density at radius 3 is 2.59 bits per heavy atom. The Bertz CT molecular complexity index is 1060. The van der Waals surface area contributed by atoms with Gasteiger partial charge in [-0.05, 0) is 37.6 Å². The van der Waals surface area contributed by atoms with E-state index < -0.39 is 0 Å². The molecular weight excluding hydrogens is 370 g/mol. The maximum Gasteiger partial charge on any atom is 0.289 e. The maximum atomic E-state index is 12.5. The second-order valence-electron chi connectivity index (χ2n) is 7.03. The number of H-pyrrole nitrogens is 1. The number of hydrogen-bond acceptors (Lipinski definition) is 6. The smallest absolute Gasteiger partial charge is 0.289 e. The zero-order valence-corrected chi connectivity index (χ0v) is 16.5. The molecule has 0 radical (unpaired) electrons. The van der Waals surface area contributed by atoms with Crippen molar-refractivity contribution >= 4 is 11.7 Å². The number of aryl methyl sites for hydroxylation is 2. The molecule has 0 atom stereocenters. The molecule has 1 fully saturated rings. The molecule has 0 bridgehead atoms. The maximum absolute atomic E-state index is 12.5. The molecule has 0 aromatic carbocycles. The Kier molecular flexibility index (Phi) is 5.16. The van der Waals surface area contributed by atoms with Crippen LogP contribution in [0.25, 0.3) is 11.4 Å². The van der Waals surface area contributed by atoms with Gasteiger partial charge in [-0.25, -0.2) is 9.97 Å². The number of piperazine rings is 1. The quantitative estimate of drug-likeness (QED) is 0.731. The molecular formula is C21H23N5O3. The second-order valence-corrected chi connectivity index (χ2v) is 7.03. The summed E-state index contributed by atoms with van der Waals surface area (Å²) < 4.78 is 5.44. The number of nitrogens with one attached hydrogen (secondary N) is 1. The predicted molar refractivity (Wildman–Crippen MR) is 109 cm³/mol. The van der Waals surface area contributed by atoms with Crippen molar-refractivity contribution in [2.75, 3.05) is 31.1 Å². The summed E-state index contributed by atoms with van der Waals surface area (Å²) in [7, 11) is 0. The minimum atomic E-state index is -0.163. The largest absolute Gasteiger partial charge is 0.456 e. The summed E-state index contributed by atoms with van der Waals surface area (Å²) in [6.45, 7) is 6.39. The van der Waals surface area contributed by atoms with Crippen LogP contribution in [-0.4, -0.2) is 51.9 Å². The molecule has 1 saturated heterocycles. The van der Waals surface area contributed by atoms with Gasteiger partial charge in [0.1, 0.15) is 17.4 Å². The van der Waals surface area contributed by atoms with E-state index in [0.717, 1.165) is 22.8 Å². The average molecular weight is 393 g/mol. The van der Waals surface area contributed by atoms with Gasteiger partial charge in [-0.3, -0.25) is 9.59 Å². The standard InChI is InChI=1S/C21H23N5O3/c1-3-16-12-19(27)24-20(23-16)15-5-7-18(22-13-15)25-8-10-26(11-9-25)21(28)17-6-4-14(2)29-17/h4-7,12-13H,3,8-11H2,1-2H3,(H,23,24,27). The van der Waals surface area contributed by atoms with Crippen LogP contribution < -0.4 is 10.5 Å². The van der Waals surface area contributed by atoms with Gasteiger partial charge in [-0.2, -0.15) is 0 Å². The average Bonchev–Trinajstić information content (AvgIpc) is 3.19. The van der Waals surface area contributed by atoms with Gasteiger partial charge in [0.2, 0.25) is 0 Å². The van der Waals surface area contributed by atoms with Crippen LogP contribution in [0, 0.1) is 6.92 Å². The molecule has 1 aliphatic rings. The molecule has 8 nitrogen and oxygen atoms in total. The van der Waals surface area contributed by atoms with E-state index >= 15 is 0 Å². The molecule has 0 saturated carbocycles. The predicted octanol–water partition coefficient (Wildman–Crippen LogP) is 2.26. The number of amides is 1. The molecule has 8 heteroatoms. The van der Waals surface area contributed by atoms with Gasteiger partial charge in [0.15, 0.2) is 5.76 Å². The van der Waals surface area contributed by atoms with E-state index in [1.165, 1.54) is 6.07 Å². The normalized spacial score (nSPS) is 14.3. The fourth-order valence-electron chi connectivity index (χ4n) is 3.38. The summed E-state index contributed by atoms with van der Waals surface area (Å²) in [5.74, 6) is 2.40. The lowest BCUT2D eigenvalue weighted by atomic mass is 10.2. The van der Waals surface area contributed by atoms with Gasteiger partial charge in [-0.1, -0.05) is 6.92 Å². The van der Waals surface area contributed by atoms with E-state index in [9.17, 15) is 9.59 Å². The third kappa shape index (κ3) is 4.06. The van der Waals surface area contributed by atoms with Crippen LogP contribution >= 0.6 is 0 Å². The lowest BCUT2D eigenvalue weighted by Crippen LogP contribution is -2.49. The van der Waals surface area contributed by atoms with Crippen LogP contribution in [-0.2, 0) is 6.42 Å². The first-order valence-electron chi connectivity index (χ1n) is 9.71. The van der Waals surface area contributed by atoms with Crippen LogP contribution in [0.1, 0.15) is 28.9 Å². The van der Waals surface area contributed by atoms with Gasteiger partial charge in [0.25, 0.3) is 11.5 Å². The van der Waals surface area contributed by atoms with Crippen LogP contribution in [0.15, 0.2) is 45.7 Å². The number of rotatable bonds is 4. The van der Waals surface area contributed by atoms with Crippen molar-refractivity contribution < 1.29 is 9.21 Å². The molecule has 4 heterocycles. The topological polar surface area (TPSA) is 95.3 Å². The number of aromatic nitrogens is 3. The highest BCUT2D eigenvalue weighted by atomic mass is 16.3. The summed E-state index contributed by atoms with van der Waals surface area (Å²) in [6.07, 6.45) is 2.42. The Balaban J connectivity index is 1.42. The first-order valence-corrected chi connectivity index (χ1v) is 9.71. The van der Waals surface area contributed by atoms with Crippen molar-refractivity contribution in [2.45, 2.75) is 20.3 Å². The summed E-state index contributed by atoms with van der Waals surface area (Å²) in [5.41, 5.74) is 1.35. The number of hydrogen-bond donors (Lipinski definition) is 1. The van der Waals surface area contributed by atoms with Crippen molar-refractivity contribution in [2.24, 2.45) is 0 Å². The van der Waals surface area contributed by atoms with E-state index in [2.05, 4.69) is 19.9 Å². The van der Waals surface area contributed by atoms with E-state index in [4.69, 9.17) is 4.42 Å². The number of nitrogens with zero attached hydrogens (tertiary/aromatic N) is 4. The molecule has 1 aliphatic heterocycles. The summed E-state index contributed by atoms with van der Waals surface area (Å²) in [4.78, 5) is 40.0. The Morgan fingerprint density at radius 1 is 1.17 bits per heavy atom. The Hall–Kier alpha value is -3.42. The zero-order chi connectivity index (χ0) is 20.4. The molecule has 0 spiro atoms. The third-order valence-corrected chi connectivity index (χ3v) is 5.02. The second kappa shape index (κ2) is 7.90. The van der Waals surface area contributed by atoms with Crippen molar-refractivity contribution in [3.63, 3.8) is 0 Å². The number of carbonyl (C=O) groups is 1. The highest BCUT2D eigenvalue weighted by molar-refractivity contribution is 5.91. The van der Waals surface area contributed by atoms with Gasteiger partial charge >= 0.3 is 0 Å². The monoisotopic (exact) mass is 393 g/mol. The van der Waals surface area contributed by atoms with Crippen LogP contribution in [0.4, 0.5) is 5.82 Å². The minimum absolute atomic E-state index is 0.0770. The number of furan rings is 1. The lowest BCUT2D eigenvalue weighted by Gasteiger charge is -2.35. The van der Waals surface area contributed by atoms with E-state index in [-0.39, 0.29) is 11.5 Å². The molecule has 1 amide bonds. The van der Waals surface area contributed by atoms with E-state index in [0.29, 0.717) is 44.2 Å². The van der Waals surface area contributed by atoms with Crippen molar-refractivity contribution in [3.8, 4) is 11.4 Å². The van der Waals surface area contributed by atoms with Gasteiger partial charge in [0, 0.05) is 49.7 Å². The Labute approximate surface area is 168 Å². The fourth-order valence-corrected chi connectivity index (χ4v) is 3.38. The third-order valence-electron chi connectivity index (χ3n) is 5.02. The fraction of sp³-hybridized carbons (Fsp3) is 0.333. The first kappa shape index (κ1) is 18.9. The first-order chi connectivity index (χ1) is 14.0. The van der Waals surface area contributed by atoms with E-state index in [1.807, 2.05) is 26.0 Å². The Morgan fingerprint density at radius 2 is 1.97 bits per heavy atom. The molecule has 150 valence electrons. The molecule has 3 aromatic rings. The number of anilines is 1. The number of carbonyl (C=O) groups excluding carboxylic acids is 1. The molecule has 0 unspecified atom stereocenters. The van der Waals surface area contributed by atoms with Gasteiger partial charge in [-0.15, -0.1) is 0 Å². The summed E-state index contributed by atoms with van der Waals surface area (Å²) >= 11 is 0. The summed E-state index contributed by atoms with van der Waals surface area (Å²) in [5, 5.41) is 0. The highest BCUT2D eigenvalue weighted by Gasteiger charge is 2.24. The molecule has 29 heavy (non-hydrogen) atoms. The highest BCUT2D eigenvalue weighted by Crippen LogP contribution is 2.19.